The Labute approximate surface area is 151 Å². The Morgan fingerprint density at radius 3 is 2.38 bits per heavy atom. The highest BCUT2D eigenvalue weighted by atomic mass is 19.1. The second-order valence-electron chi connectivity index (χ2n) is 5.92. The molecule has 0 radical (unpaired) electrons. The zero-order valence-corrected chi connectivity index (χ0v) is 15.1. The molecule has 0 aromatic heterocycles. The summed E-state index contributed by atoms with van der Waals surface area (Å²) >= 11 is 0. The Kier molecular flexibility index (Phi) is 6.16. The number of hydrogen-bond acceptors (Lipinski definition) is 4. The number of rotatable bonds is 6. The first-order chi connectivity index (χ1) is 12.3. The number of nitrogens with one attached hydrogen (secondary N) is 3. The highest BCUT2D eigenvalue weighted by molar-refractivity contribution is 5.96. The summed E-state index contributed by atoms with van der Waals surface area (Å²) in [5.74, 6) is -0.416. The van der Waals surface area contributed by atoms with Crippen molar-refractivity contribution < 1.29 is 18.7 Å². The molecule has 0 spiro atoms. The van der Waals surface area contributed by atoms with Gasteiger partial charge in [0.2, 0.25) is 11.8 Å². The fourth-order valence-corrected chi connectivity index (χ4v) is 2.31. The normalized spacial score (nSPS) is 11.4. The Balaban J connectivity index is 2.05. The number of halogens is 1. The Morgan fingerprint density at radius 1 is 1.08 bits per heavy atom. The third kappa shape index (κ3) is 4.95. The van der Waals surface area contributed by atoms with Crippen molar-refractivity contribution in [3.05, 3.63) is 47.8 Å². The van der Waals surface area contributed by atoms with E-state index in [1.54, 1.807) is 44.2 Å². The molecule has 0 saturated heterocycles. The molecule has 2 rings (SSSR count). The molecule has 138 valence electrons. The molecular weight excluding hydrogens is 337 g/mol. The van der Waals surface area contributed by atoms with Gasteiger partial charge in [-0.25, -0.2) is 4.39 Å². The molecule has 0 heterocycles. The first-order valence-corrected chi connectivity index (χ1v) is 8.09. The average Bonchev–Trinajstić information content (AvgIpc) is 2.59. The molecule has 3 N–H and O–H groups in total. The molecule has 0 unspecified atom stereocenters. The number of aryl methyl sites for hydroxylation is 1. The SMILES string of the molecule is COc1cc(N[C@@H](C)C(=O)Nc2ccc(C)c(F)c2)ccc1NC(C)=O. The van der Waals surface area contributed by atoms with E-state index in [0.717, 1.165) is 0 Å². The number of carbonyl (C=O) groups excluding carboxylic acids is 2. The van der Waals surface area contributed by atoms with Gasteiger partial charge in [0.05, 0.1) is 12.8 Å². The van der Waals surface area contributed by atoms with Crippen molar-refractivity contribution >= 4 is 28.9 Å². The minimum absolute atomic E-state index is 0.206. The average molecular weight is 359 g/mol. The lowest BCUT2D eigenvalue weighted by Gasteiger charge is -2.17. The number of ether oxygens (including phenoxy) is 1. The summed E-state index contributed by atoms with van der Waals surface area (Å²) in [6, 6.07) is 9.05. The predicted molar refractivity (Wildman–Crippen MR) is 100 cm³/mol. The van der Waals surface area contributed by atoms with Crippen molar-refractivity contribution in [3.63, 3.8) is 0 Å². The fourth-order valence-electron chi connectivity index (χ4n) is 2.31. The topological polar surface area (TPSA) is 79.5 Å². The first kappa shape index (κ1) is 19.2. The van der Waals surface area contributed by atoms with Crippen LogP contribution in [0.25, 0.3) is 0 Å². The van der Waals surface area contributed by atoms with Crippen LogP contribution >= 0.6 is 0 Å². The van der Waals surface area contributed by atoms with Gasteiger partial charge in [0.25, 0.3) is 0 Å². The van der Waals surface area contributed by atoms with Crippen LogP contribution in [0.4, 0.5) is 21.5 Å². The summed E-state index contributed by atoms with van der Waals surface area (Å²) in [5.41, 5.74) is 2.09. The number of carbonyl (C=O) groups is 2. The van der Waals surface area contributed by atoms with Gasteiger partial charge in [-0.15, -0.1) is 0 Å². The van der Waals surface area contributed by atoms with Crippen LogP contribution in [-0.4, -0.2) is 25.0 Å². The standard InChI is InChI=1S/C19H22FN3O3/c1-11-5-6-14(9-16(11)20)23-19(25)12(2)21-15-7-8-17(22-13(3)24)18(10-15)26-4/h5-10,12,21H,1-4H3,(H,22,24)(H,23,25)/t12-/m0/s1. The van der Waals surface area contributed by atoms with E-state index in [2.05, 4.69) is 16.0 Å². The summed E-state index contributed by atoms with van der Waals surface area (Å²) in [4.78, 5) is 23.5. The van der Waals surface area contributed by atoms with Crippen molar-refractivity contribution in [2.75, 3.05) is 23.1 Å². The van der Waals surface area contributed by atoms with Gasteiger partial charge < -0.3 is 20.7 Å². The van der Waals surface area contributed by atoms with Crippen LogP contribution < -0.4 is 20.7 Å². The molecule has 0 aliphatic carbocycles. The zero-order chi connectivity index (χ0) is 19.3. The Morgan fingerprint density at radius 2 is 1.77 bits per heavy atom. The van der Waals surface area contributed by atoms with Crippen molar-refractivity contribution in [1.29, 1.82) is 0 Å². The van der Waals surface area contributed by atoms with Crippen LogP contribution in [-0.2, 0) is 9.59 Å². The molecule has 2 aromatic carbocycles. The third-order valence-corrected chi connectivity index (χ3v) is 3.73. The molecular formula is C19H22FN3O3. The molecule has 7 heteroatoms. The van der Waals surface area contributed by atoms with Crippen LogP contribution in [0.5, 0.6) is 5.75 Å². The quantitative estimate of drug-likeness (QED) is 0.737. The third-order valence-electron chi connectivity index (χ3n) is 3.73. The van der Waals surface area contributed by atoms with Gasteiger partial charge in [-0.05, 0) is 43.7 Å². The molecule has 0 aliphatic rings. The summed E-state index contributed by atoms with van der Waals surface area (Å²) in [6.45, 7) is 4.75. The number of benzene rings is 2. The van der Waals surface area contributed by atoms with Crippen LogP contribution in [0, 0.1) is 12.7 Å². The van der Waals surface area contributed by atoms with E-state index in [-0.39, 0.29) is 17.6 Å². The van der Waals surface area contributed by atoms with Crippen molar-refractivity contribution in [2.45, 2.75) is 26.8 Å². The van der Waals surface area contributed by atoms with Gasteiger partial charge in [-0.2, -0.15) is 0 Å². The van der Waals surface area contributed by atoms with Crippen molar-refractivity contribution in [2.24, 2.45) is 0 Å². The van der Waals surface area contributed by atoms with E-state index in [4.69, 9.17) is 4.74 Å². The Bertz CT molecular complexity index is 824. The Hall–Kier alpha value is -3.09. The van der Waals surface area contributed by atoms with Crippen molar-refractivity contribution in [3.8, 4) is 5.75 Å². The summed E-state index contributed by atoms with van der Waals surface area (Å²) in [7, 11) is 1.49. The molecule has 2 amide bonds. The van der Waals surface area contributed by atoms with Gasteiger partial charge in [0, 0.05) is 24.4 Å². The number of methoxy groups -OCH3 is 1. The predicted octanol–water partition coefficient (Wildman–Crippen LogP) is 3.54. The number of hydrogen-bond donors (Lipinski definition) is 3. The van der Waals surface area contributed by atoms with Crippen LogP contribution in [0.3, 0.4) is 0 Å². The zero-order valence-electron chi connectivity index (χ0n) is 15.1. The van der Waals surface area contributed by atoms with E-state index >= 15 is 0 Å². The maximum atomic E-state index is 13.6. The number of amides is 2. The lowest BCUT2D eigenvalue weighted by molar-refractivity contribution is -0.116. The molecule has 26 heavy (non-hydrogen) atoms. The molecule has 0 fully saturated rings. The van der Waals surface area contributed by atoms with Gasteiger partial charge in [-0.1, -0.05) is 6.07 Å². The first-order valence-electron chi connectivity index (χ1n) is 8.09. The maximum Gasteiger partial charge on any atom is 0.246 e. The van der Waals surface area contributed by atoms with Crippen LogP contribution in [0.2, 0.25) is 0 Å². The van der Waals surface area contributed by atoms with E-state index < -0.39 is 6.04 Å². The van der Waals surface area contributed by atoms with Gasteiger partial charge >= 0.3 is 0 Å². The molecule has 0 aliphatic heterocycles. The minimum Gasteiger partial charge on any atom is -0.494 e. The molecule has 0 bridgehead atoms. The fraction of sp³-hybridized carbons (Fsp3) is 0.263. The lowest BCUT2D eigenvalue weighted by atomic mass is 10.2. The monoisotopic (exact) mass is 359 g/mol. The summed E-state index contributed by atoms with van der Waals surface area (Å²) in [6.07, 6.45) is 0. The second-order valence-corrected chi connectivity index (χ2v) is 5.92. The highest BCUT2D eigenvalue weighted by Gasteiger charge is 2.15. The van der Waals surface area contributed by atoms with Crippen LogP contribution in [0.15, 0.2) is 36.4 Å². The minimum atomic E-state index is -0.573. The molecule has 2 aromatic rings. The highest BCUT2D eigenvalue weighted by Crippen LogP contribution is 2.28. The molecule has 1 atom stereocenters. The summed E-state index contributed by atoms with van der Waals surface area (Å²) < 4.78 is 18.8. The summed E-state index contributed by atoms with van der Waals surface area (Å²) in [5, 5.41) is 8.37. The molecule has 0 saturated carbocycles. The van der Waals surface area contributed by atoms with E-state index in [1.165, 1.54) is 20.1 Å². The van der Waals surface area contributed by atoms with Gasteiger partial charge in [0.15, 0.2) is 0 Å². The van der Waals surface area contributed by atoms with Crippen molar-refractivity contribution in [1.82, 2.24) is 0 Å². The van der Waals surface area contributed by atoms with E-state index in [0.29, 0.717) is 28.4 Å². The van der Waals surface area contributed by atoms with Gasteiger partial charge in [-0.3, -0.25) is 9.59 Å². The van der Waals surface area contributed by atoms with E-state index in [1.807, 2.05) is 0 Å². The smallest absolute Gasteiger partial charge is 0.246 e. The lowest BCUT2D eigenvalue weighted by Crippen LogP contribution is -2.31. The largest absolute Gasteiger partial charge is 0.494 e. The maximum absolute atomic E-state index is 13.6. The van der Waals surface area contributed by atoms with Gasteiger partial charge in [0.1, 0.15) is 17.6 Å². The molecule has 6 nitrogen and oxygen atoms in total. The second kappa shape index (κ2) is 8.33. The number of anilines is 3. The van der Waals surface area contributed by atoms with Crippen LogP contribution in [0.1, 0.15) is 19.4 Å². The van der Waals surface area contributed by atoms with E-state index in [9.17, 15) is 14.0 Å².